The second-order valence-corrected chi connectivity index (χ2v) is 4.71. The molecule has 2 aliphatic carbocycles. The first-order valence-corrected chi connectivity index (χ1v) is 5.34. The van der Waals surface area contributed by atoms with Crippen LogP contribution in [-0.2, 0) is 12.0 Å². The van der Waals surface area contributed by atoms with Crippen molar-refractivity contribution < 1.29 is 5.11 Å². The number of hydrogen-bond donors (Lipinski definition) is 1. The number of aliphatic hydroxyl groups is 1. The number of aliphatic hydroxyl groups excluding tert-OH is 1. The minimum Gasteiger partial charge on any atom is -0.395 e. The summed E-state index contributed by atoms with van der Waals surface area (Å²) in [6.07, 6.45) is 6.81. The Morgan fingerprint density at radius 2 is 2.29 bits per heavy atom. The van der Waals surface area contributed by atoms with Gasteiger partial charge in [0.15, 0.2) is 0 Å². The molecular formula is C10H15N3O. The van der Waals surface area contributed by atoms with Crippen LogP contribution in [0.3, 0.4) is 0 Å². The van der Waals surface area contributed by atoms with Crippen molar-refractivity contribution in [2.24, 2.45) is 5.92 Å². The lowest BCUT2D eigenvalue weighted by atomic mass is 10.1. The molecule has 0 saturated heterocycles. The number of rotatable bonds is 4. The van der Waals surface area contributed by atoms with Gasteiger partial charge >= 0.3 is 0 Å². The molecule has 0 aromatic carbocycles. The third-order valence-corrected chi connectivity index (χ3v) is 3.38. The van der Waals surface area contributed by atoms with Crippen LogP contribution in [0, 0.1) is 5.92 Å². The van der Waals surface area contributed by atoms with Crippen LogP contribution in [0.25, 0.3) is 0 Å². The number of nitrogens with zero attached hydrogens (tertiary/aromatic N) is 3. The third-order valence-electron chi connectivity index (χ3n) is 3.38. The molecule has 0 aliphatic heterocycles. The molecular weight excluding hydrogens is 178 g/mol. The van der Waals surface area contributed by atoms with E-state index in [2.05, 4.69) is 10.3 Å². The third kappa shape index (κ3) is 1.34. The van der Waals surface area contributed by atoms with Gasteiger partial charge in [-0.1, -0.05) is 5.21 Å². The van der Waals surface area contributed by atoms with Gasteiger partial charge in [0.1, 0.15) is 0 Å². The Morgan fingerprint density at radius 3 is 2.86 bits per heavy atom. The fraction of sp³-hybridized carbons (Fsp3) is 0.800. The van der Waals surface area contributed by atoms with Crippen LogP contribution in [0.2, 0.25) is 0 Å². The molecule has 76 valence electrons. The predicted octanol–water partition coefficient (Wildman–Crippen LogP) is 0.712. The lowest BCUT2D eigenvalue weighted by Gasteiger charge is -2.04. The second kappa shape index (κ2) is 2.79. The lowest BCUT2D eigenvalue weighted by Crippen LogP contribution is -2.12. The van der Waals surface area contributed by atoms with Gasteiger partial charge in [-0.05, 0) is 31.6 Å². The molecule has 2 saturated carbocycles. The van der Waals surface area contributed by atoms with Crippen LogP contribution in [0.1, 0.15) is 31.4 Å². The first-order chi connectivity index (χ1) is 6.82. The molecule has 0 unspecified atom stereocenters. The molecule has 1 heterocycles. The van der Waals surface area contributed by atoms with Crippen molar-refractivity contribution in [2.75, 3.05) is 6.61 Å². The van der Waals surface area contributed by atoms with Crippen molar-refractivity contribution in [3.8, 4) is 0 Å². The first kappa shape index (κ1) is 8.41. The lowest BCUT2D eigenvalue weighted by molar-refractivity contribution is 0.252. The van der Waals surface area contributed by atoms with Crippen molar-refractivity contribution >= 4 is 0 Å². The molecule has 0 amide bonds. The summed E-state index contributed by atoms with van der Waals surface area (Å²) in [5.74, 6) is 0.828. The second-order valence-electron chi connectivity index (χ2n) is 4.71. The highest BCUT2D eigenvalue weighted by Gasteiger charge is 2.46. The molecule has 4 heteroatoms. The quantitative estimate of drug-likeness (QED) is 0.766. The highest BCUT2D eigenvalue weighted by molar-refractivity contribution is 5.21. The topological polar surface area (TPSA) is 50.9 Å². The molecule has 0 spiro atoms. The predicted molar refractivity (Wildman–Crippen MR) is 50.7 cm³/mol. The van der Waals surface area contributed by atoms with Crippen LogP contribution >= 0.6 is 0 Å². The molecule has 0 radical (unpaired) electrons. The van der Waals surface area contributed by atoms with E-state index in [1.807, 2.05) is 10.9 Å². The Hall–Kier alpha value is -0.900. The number of hydrogen-bond acceptors (Lipinski definition) is 3. The fourth-order valence-corrected chi connectivity index (χ4v) is 1.84. The van der Waals surface area contributed by atoms with Gasteiger partial charge in [0, 0.05) is 18.2 Å². The SMILES string of the molecule is OCC1(c2cn(CC3CC3)nn2)CC1. The monoisotopic (exact) mass is 193 g/mol. The number of aromatic nitrogens is 3. The molecule has 1 aromatic rings. The summed E-state index contributed by atoms with van der Waals surface area (Å²) in [5, 5.41) is 17.5. The Kier molecular flexibility index (Phi) is 1.68. The van der Waals surface area contributed by atoms with Crippen molar-refractivity contribution in [3.63, 3.8) is 0 Å². The maximum absolute atomic E-state index is 9.24. The van der Waals surface area contributed by atoms with E-state index in [1.54, 1.807) is 0 Å². The van der Waals surface area contributed by atoms with Crippen molar-refractivity contribution in [3.05, 3.63) is 11.9 Å². The maximum Gasteiger partial charge on any atom is 0.0911 e. The van der Waals surface area contributed by atoms with Crippen LogP contribution in [-0.4, -0.2) is 26.7 Å². The molecule has 1 aromatic heterocycles. The average molecular weight is 193 g/mol. The van der Waals surface area contributed by atoms with E-state index in [-0.39, 0.29) is 12.0 Å². The van der Waals surface area contributed by atoms with Crippen LogP contribution in [0.4, 0.5) is 0 Å². The zero-order chi connectivity index (χ0) is 9.60. The Morgan fingerprint density at radius 1 is 1.50 bits per heavy atom. The summed E-state index contributed by atoms with van der Waals surface area (Å²) in [6, 6.07) is 0. The van der Waals surface area contributed by atoms with E-state index >= 15 is 0 Å². The van der Waals surface area contributed by atoms with E-state index in [0.717, 1.165) is 31.0 Å². The molecule has 2 aliphatic rings. The van der Waals surface area contributed by atoms with Gasteiger partial charge < -0.3 is 5.11 Å². The summed E-state index contributed by atoms with van der Waals surface area (Å²) in [7, 11) is 0. The van der Waals surface area contributed by atoms with Gasteiger partial charge in [-0.15, -0.1) is 5.10 Å². The molecule has 3 rings (SSSR count). The Labute approximate surface area is 82.9 Å². The van der Waals surface area contributed by atoms with Crippen LogP contribution in [0.15, 0.2) is 6.20 Å². The van der Waals surface area contributed by atoms with E-state index in [1.165, 1.54) is 12.8 Å². The summed E-state index contributed by atoms with van der Waals surface area (Å²) < 4.78 is 1.93. The summed E-state index contributed by atoms with van der Waals surface area (Å²) in [5.41, 5.74) is 0.961. The van der Waals surface area contributed by atoms with Gasteiger partial charge in [-0.3, -0.25) is 4.68 Å². The van der Waals surface area contributed by atoms with E-state index in [9.17, 15) is 5.11 Å². The zero-order valence-electron chi connectivity index (χ0n) is 8.19. The highest BCUT2D eigenvalue weighted by atomic mass is 16.3. The zero-order valence-corrected chi connectivity index (χ0v) is 8.19. The smallest absolute Gasteiger partial charge is 0.0911 e. The minimum atomic E-state index is -0.0260. The Balaban J connectivity index is 1.75. The van der Waals surface area contributed by atoms with E-state index in [4.69, 9.17) is 0 Å². The highest BCUT2D eigenvalue weighted by Crippen LogP contribution is 2.46. The van der Waals surface area contributed by atoms with Crippen LogP contribution in [0.5, 0.6) is 0 Å². The molecule has 2 fully saturated rings. The molecule has 14 heavy (non-hydrogen) atoms. The standard InChI is InChI=1S/C10H15N3O/c14-7-10(3-4-10)9-6-13(12-11-9)5-8-1-2-8/h6,8,14H,1-5,7H2. The van der Waals surface area contributed by atoms with Gasteiger partial charge in [0.05, 0.1) is 12.3 Å². The van der Waals surface area contributed by atoms with E-state index < -0.39 is 0 Å². The maximum atomic E-state index is 9.24. The van der Waals surface area contributed by atoms with E-state index in [0.29, 0.717) is 0 Å². The molecule has 1 N–H and O–H groups in total. The van der Waals surface area contributed by atoms with Gasteiger partial charge in [-0.2, -0.15) is 0 Å². The largest absolute Gasteiger partial charge is 0.395 e. The normalized spacial score (nSPS) is 23.8. The Bertz CT molecular complexity index is 339. The van der Waals surface area contributed by atoms with Gasteiger partial charge in [-0.25, -0.2) is 0 Å². The van der Waals surface area contributed by atoms with Crippen molar-refractivity contribution in [1.82, 2.24) is 15.0 Å². The fourth-order valence-electron chi connectivity index (χ4n) is 1.84. The van der Waals surface area contributed by atoms with Gasteiger partial charge in [0.25, 0.3) is 0 Å². The van der Waals surface area contributed by atoms with Gasteiger partial charge in [0.2, 0.25) is 0 Å². The summed E-state index contributed by atoms with van der Waals surface area (Å²) in [6.45, 7) is 1.23. The molecule has 0 atom stereocenters. The van der Waals surface area contributed by atoms with Crippen molar-refractivity contribution in [2.45, 2.75) is 37.6 Å². The molecule has 4 nitrogen and oxygen atoms in total. The van der Waals surface area contributed by atoms with Crippen LogP contribution < -0.4 is 0 Å². The first-order valence-electron chi connectivity index (χ1n) is 5.34. The van der Waals surface area contributed by atoms with Crippen molar-refractivity contribution in [1.29, 1.82) is 0 Å². The average Bonchev–Trinajstić information content (AvgIpc) is 3.08. The summed E-state index contributed by atoms with van der Waals surface area (Å²) >= 11 is 0. The minimum absolute atomic E-state index is 0.0260. The molecule has 0 bridgehead atoms. The summed E-state index contributed by atoms with van der Waals surface area (Å²) in [4.78, 5) is 0.